The van der Waals surface area contributed by atoms with Crippen molar-refractivity contribution in [2.45, 2.75) is 27.7 Å². The summed E-state index contributed by atoms with van der Waals surface area (Å²) in [6.45, 7) is 8.82. The monoisotopic (exact) mass is 460 g/mol. The molecule has 3 aromatic rings. The molecule has 3 rings (SSSR count). The van der Waals surface area contributed by atoms with Crippen molar-refractivity contribution < 1.29 is 24.0 Å². The van der Waals surface area contributed by atoms with E-state index in [1.165, 1.54) is 32.6 Å². The fraction of sp³-hybridized carbons (Fsp3) is 0.217. The van der Waals surface area contributed by atoms with Gasteiger partial charge in [-0.25, -0.2) is 0 Å². The van der Waals surface area contributed by atoms with Gasteiger partial charge in [0.25, 0.3) is 0 Å². The lowest BCUT2D eigenvalue weighted by molar-refractivity contribution is -0.00000498. The van der Waals surface area contributed by atoms with Crippen LogP contribution in [0, 0.1) is 20.8 Å². The Bertz CT molecular complexity index is 691. The fourth-order valence-electron chi connectivity index (χ4n) is 3.39. The van der Waals surface area contributed by atoms with Gasteiger partial charge in [-0.2, -0.15) is 0 Å². The lowest BCUT2D eigenvalue weighted by atomic mass is 10.2. The number of aryl methyl sites for hydroxylation is 3. The normalized spacial score (nSPS) is 11.0. The molecule has 0 bridgehead atoms. The van der Waals surface area contributed by atoms with Crippen LogP contribution in [0.1, 0.15) is 23.6 Å². The molecule has 0 spiro atoms. The van der Waals surface area contributed by atoms with Crippen molar-refractivity contribution in [1.29, 1.82) is 0 Å². The van der Waals surface area contributed by atoms with Gasteiger partial charge in [-0.15, -0.1) is 0 Å². The van der Waals surface area contributed by atoms with Crippen LogP contribution in [0.3, 0.4) is 0 Å². The summed E-state index contributed by atoms with van der Waals surface area (Å²) in [5, 5.41) is 4.43. The number of hydrogen-bond donors (Lipinski definition) is 0. The quantitative estimate of drug-likeness (QED) is 0.413. The number of benzene rings is 3. The van der Waals surface area contributed by atoms with Crippen LogP contribution in [0.25, 0.3) is 0 Å². The van der Waals surface area contributed by atoms with Gasteiger partial charge in [-0.3, -0.25) is 0 Å². The molecule has 0 atom stereocenters. The molecule has 3 aromatic carbocycles. The number of halogens is 1. The highest BCUT2D eigenvalue weighted by Crippen LogP contribution is 2.54. The molecule has 0 saturated heterocycles. The molecule has 0 radical (unpaired) electrons. The minimum atomic E-state index is -1.59. The Morgan fingerprint density at radius 1 is 0.520 bits per heavy atom. The minimum absolute atomic E-state index is 0. The van der Waals surface area contributed by atoms with Crippen LogP contribution >= 0.6 is 7.26 Å². The SMILES string of the molecule is CC[P+](c1ccc(C)cc1)(c1ccc(C)cc1)c1ccc(C)cc1.[I-]. The highest BCUT2D eigenvalue weighted by molar-refractivity contribution is 7.95. The summed E-state index contributed by atoms with van der Waals surface area (Å²) < 4.78 is 0. The van der Waals surface area contributed by atoms with Gasteiger partial charge in [-0.05, 0) is 64.1 Å². The average molecular weight is 460 g/mol. The van der Waals surface area contributed by atoms with E-state index >= 15 is 0 Å². The Balaban J connectivity index is 0.00000225. The van der Waals surface area contributed by atoms with Gasteiger partial charge in [0.15, 0.2) is 0 Å². The first-order valence-electron chi connectivity index (χ1n) is 8.66. The summed E-state index contributed by atoms with van der Waals surface area (Å²) >= 11 is 0. The summed E-state index contributed by atoms with van der Waals surface area (Å²) in [7, 11) is -1.59. The minimum Gasteiger partial charge on any atom is -1.00 e. The van der Waals surface area contributed by atoms with Crippen LogP contribution in [0.5, 0.6) is 0 Å². The Hall–Kier alpha value is -1.18. The highest BCUT2D eigenvalue weighted by atomic mass is 127. The largest absolute Gasteiger partial charge is 1.00 e. The van der Waals surface area contributed by atoms with Crippen LogP contribution in [0.2, 0.25) is 0 Å². The molecule has 2 heteroatoms. The van der Waals surface area contributed by atoms with E-state index in [0.717, 1.165) is 6.16 Å². The summed E-state index contributed by atoms with van der Waals surface area (Å²) in [4.78, 5) is 0. The van der Waals surface area contributed by atoms with Gasteiger partial charge < -0.3 is 24.0 Å². The zero-order valence-corrected chi connectivity index (χ0v) is 18.5. The Morgan fingerprint density at radius 2 is 0.760 bits per heavy atom. The van der Waals surface area contributed by atoms with E-state index in [9.17, 15) is 0 Å². The molecule has 130 valence electrons. The van der Waals surface area contributed by atoms with Gasteiger partial charge in [0.2, 0.25) is 0 Å². The first-order valence-corrected chi connectivity index (χ1v) is 10.6. The Morgan fingerprint density at radius 3 is 0.960 bits per heavy atom. The summed E-state index contributed by atoms with van der Waals surface area (Å²) in [6, 6.07) is 27.6. The van der Waals surface area contributed by atoms with Gasteiger partial charge in [-0.1, -0.05) is 53.1 Å². The molecule has 0 fully saturated rings. The first-order chi connectivity index (χ1) is 11.6. The van der Waals surface area contributed by atoms with Crippen molar-refractivity contribution in [3.8, 4) is 0 Å². The topological polar surface area (TPSA) is 0 Å². The molecule has 0 aromatic heterocycles. The fourth-order valence-corrected chi connectivity index (χ4v) is 7.36. The molecule has 0 aliphatic rings. The standard InChI is InChI=1S/C23H26P.HI/c1-5-24(21-12-6-18(2)7-13-21,22-14-8-19(3)9-15-22)23-16-10-20(4)11-17-23;/h6-17H,5H2,1-4H3;1H/q+1;/p-1. The molecule has 25 heavy (non-hydrogen) atoms. The van der Waals surface area contributed by atoms with Crippen LogP contribution < -0.4 is 39.9 Å². The maximum atomic E-state index is 2.34. The van der Waals surface area contributed by atoms with E-state index in [4.69, 9.17) is 0 Å². The molecule has 0 aliphatic heterocycles. The van der Waals surface area contributed by atoms with E-state index in [-0.39, 0.29) is 24.0 Å². The van der Waals surface area contributed by atoms with Crippen LogP contribution in [0.15, 0.2) is 72.8 Å². The number of rotatable bonds is 4. The van der Waals surface area contributed by atoms with Crippen molar-refractivity contribution in [1.82, 2.24) is 0 Å². The van der Waals surface area contributed by atoms with Crippen molar-refractivity contribution in [2.24, 2.45) is 0 Å². The average Bonchev–Trinajstić information content (AvgIpc) is 2.60. The Labute approximate surface area is 170 Å². The molecule has 0 saturated carbocycles. The van der Waals surface area contributed by atoms with E-state index in [1.54, 1.807) is 0 Å². The molecule has 0 aliphatic carbocycles. The van der Waals surface area contributed by atoms with E-state index in [2.05, 4.69) is 100 Å². The van der Waals surface area contributed by atoms with Gasteiger partial charge >= 0.3 is 0 Å². The summed E-state index contributed by atoms with van der Waals surface area (Å²) in [6.07, 6.45) is 1.14. The first kappa shape index (κ1) is 20.1. The van der Waals surface area contributed by atoms with E-state index < -0.39 is 7.26 Å². The zero-order valence-electron chi connectivity index (χ0n) is 15.5. The molecule has 0 nitrogen and oxygen atoms in total. The van der Waals surface area contributed by atoms with Crippen molar-refractivity contribution in [3.05, 3.63) is 89.5 Å². The van der Waals surface area contributed by atoms with Crippen molar-refractivity contribution in [2.75, 3.05) is 6.16 Å². The summed E-state index contributed by atoms with van der Waals surface area (Å²) in [5.74, 6) is 0. The second-order valence-electron chi connectivity index (χ2n) is 6.63. The predicted octanol–water partition coefficient (Wildman–Crippen LogP) is 1.93. The van der Waals surface area contributed by atoms with Gasteiger partial charge in [0.1, 0.15) is 23.2 Å². The number of hydrogen-bond acceptors (Lipinski definition) is 0. The van der Waals surface area contributed by atoms with Crippen molar-refractivity contribution >= 4 is 23.2 Å². The lowest BCUT2D eigenvalue weighted by Crippen LogP contribution is -3.00. The zero-order chi connectivity index (χ0) is 17.2. The second-order valence-corrected chi connectivity index (χ2v) is 10.4. The van der Waals surface area contributed by atoms with E-state index in [0.29, 0.717) is 0 Å². The molecule has 0 N–H and O–H groups in total. The van der Waals surface area contributed by atoms with Gasteiger partial charge in [0.05, 0.1) is 6.16 Å². The maximum Gasteiger partial charge on any atom is 0.111 e. The molecule has 0 amide bonds. The van der Waals surface area contributed by atoms with Crippen LogP contribution in [-0.2, 0) is 0 Å². The highest BCUT2D eigenvalue weighted by Gasteiger charge is 2.43. The third kappa shape index (κ3) is 3.99. The van der Waals surface area contributed by atoms with E-state index in [1.807, 2.05) is 0 Å². The third-order valence-corrected chi connectivity index (χ3v) is 9.39. The smallest absolute Gasteiger partial charge is 0.111 e. The predicted molar refractivity (Wildman–Crippen MR) is 110 cm³/mol. The van der Waals surface area contributed by atoms with Crippen LogP contribution in [0.4, 0.5) is 0 Å². The summed E-state index contributed by atoms with van der Waals surface area (Å²) in [5.41, 5.74) is 3.96. The lowest BCUT2D eigenvalue weighted by Gasteiger charge is -2.26. The third-order valence-electron chi connectivity index (χ3n) is 4.90. The maximum absolute atomic E-state index is 2.34. The molecule has 0 heterocycles. The second kappa shape index (κ2) is 8.47. The van der Waals surface area contributed by atoms with Crippen molar-refractivity contribution in [3.63, 3.8) is 0 Å². The van der Waals surface area contributed by atoms with Gasteiger partial charge in [0, 0.05) is 0 Å². The molecule has 0 unspecified atom stereocenters. The van der Waals surface area contributed by atoms with Crippen LogP contribution in [-0.4, -0.2) is 6.16 Å². The molecular formula is C23H26IP. The molecular weight excluding hydrogens is 434 g/mol. The Kier molecular flexibility index (Phi) is 6.82.